The molecule has 21 heavy (non-hydrogen) atoms. The van der Waals surface area contributed by atoms with E-state index < -0.39 is 0 Å². The average molecular weight is 310 g/mol. The van der Waals surface area contributed by atoms with Crippen LogP contribution in [0.15, 0.2) is 5.38 Å². The van der Waals surface area contributed by atoms with Gasteiger partial charge in [-0.2, -0.15) is 0 Å². The van der Waals surface area contributed by atoms with Gasteiger partial charge >= 0.3 is 0 Å². The number of aromatic nitrogens is 1. The van der Waals surface area contributed by atoms with Crippen molar-refractivity contribution in [1.29, 1.82) is 0 Å². The molecule has 3 nitrogen and oxygen atoms in total. The Morgan fingerprint density at radius 2 is 1.95 bits per heavy atom. The van der Waals surface area contributed by atoms with Crippen LogP contribution in [0.1, 0.15) is 65.6 Å². The molecule has 4 heteroatoms. The molecule has 0 bridgehead atoms. The minimum absolute atomic E-state index is 0.0343. The summed E-state index contributed by atoms with van der Waals surface area (Å²) >= 11 is 1.83. The molecule has 1 aliphatic heterocycles. The molecule has 1 N–H and O–H groups in total. The third kappa shape index (κ3) is 3.66. The zero-order chi connectivity index (χ0) is 15.8. The van der Waals surface area contributed by atoms with Gasteiger partial charge in [0, 0.05) is 36.0 Å². The summed E-state index contributed by atoms with van der Waals surface area (Å²) in [5, 5.41) is 7.34. The van der Waals surface area contributed by atoms with Crippen molar-refractivity contribution in [3.63, 3.8) is 0 Å². The summed E-state index contributed by atoms with van der Waals surface area (Å²) in [6.07, 6.45) is 1.15. The van der Waals surface area contributed by atoms with Gasteiger partial charge in [-0.15, -0.1) is 11.3 Å². The van der Waals surface area contributed by atoms with Crippen LogP contribution in [0.5, 0.6) is 0 Å². The second kappa shape index (κ2) is 5.98. The average Bonchev–Trinajstić information content (AvgIpc) is 2.93. The standard InChI is InChI=1S/C17H31N3S/c1-12(2)19-17(8-9-20(11-17)13(3)4)15-18-14(10-21-15)16(5,6)7/h10,12-13,19H,8-9,11H2,1-7H3. The second-order valence-corrected chi connectivity index (χ2v) is 8.84. The van der Waals surface area contributed by atoms with Crippen LogP contribution < -0.4 is 5.32 Å². The first-order valence-electron chi connectivity index (χ1n) is 8.12. The van der Waals surface area contributed by atoms with Crippen LogP contribution in [-0.2, 0) is 11.0 Å². The summed E-state index contributed by atoms with van der Waals surface area (Å²) in [6, 6.07) is 1.07. The van der Waals surface area contributed by atoms with Crippen molar-refractivity contribution in [3.05, 3.63) is 16.1 Å². The van der Waals surface area contributed by atoms with E-state index in [1.54, 1.807) is 0 Å². The molecule has 1 saturated heterocycles. The Balaban J connectivity index is 2.31. The number of rotatable bonds is 4. The third-order valence-electron chi connectivity index (χ3n) is 4.28. The maximum atomic E-state index is 5.01. The quantitative estimate of drug-likeness (QED) is 0.918. The zero-order valence-electron chi connectivity index (χ0n) is 14.7. The maximum Gasteiger partial charge on any atom is 0.114 e. The van der Waals surface area contributed by atoms with Crippen molar-refractivity contribution in [1.82, 2.24) is 15.2 Å². The van der Waals surface area contributed by atoms with Crippen molar-refractivity contribution in [3.8, 4) is 0 Å². The molecule has 120 valence electrons. The van der Waals surface area contributed by atoms with Crippen molar-refractivity contribution >= 4 is 11.3 Å². The molecule has 2 heterocycles. The van der Waals surface area contributed by atoms with Crippen molar-refractivity contribution in [2.45, 2.75) is 77.9 Å². The highest BCUT2D eigenvalue weighted by Crippen LogP contribution is 2.37. The SMILES string of the molecule is CC(C)NC1(c2nc(C(C)(C)C)cs2)CCN(C(C)C)C1. The summed E-state index contributed by atoms with van der Waals surface area (Å²) in [5.41, 5.74) is 1.38. The minimum atomic E-state index is 0.0343. The highest BCUT2D eigenvalue weighted by Gasteiger charge is 2.43. The Hall–Kier alpha value is -0.450. The first kappa shape index (κ1) is 16.9. The molecule has 1 aromatic rings. The lowest BCUT2D eigenvalue weighted by molar-refractivity contribution is 0.232. The van der Waals surface area contributed by atoms with Crippen LogP contribution in [0.2, 0.25) is 0 Å². The number of hydrogen-bond donors (Lipinski definition) is 1. The third-order valence-corrected chi connectivity index (χ3v) is 5.32. The van der Waals surface area contributed by atoms with Gasteiger partial charge in [-0.1, -0.05) is 20.8 Å². The fourth-order valence-electron chi connectivity index (χ4n) is 3.02. The van der Waals surface area contributed by atoms with Crippen molar-refractivity contribution in [2.24, 2.45) is 0 Å². The molecule has 0 aromatic carbocycles. The fraction of sp³-hybridized carbons (Fsp3) is 0.824. The molecule has 0 amide bonds. The summed E-state index contributed by atoms with van der Waals surface area (Å²) < 4.78 is 0. The predicted octanol–water partition coefficient (Wildman–Crippen LogP) is 3.75. The summed E-state index contributed by atoms with van der Waals surface area (Å²) in [7, 11) is 0. The smallest absolute Gasteiger partial charge is 0.114 e. The molecule has 1 aromatic heterocycles. The van der Waals surface area contributed by atoms with E-state index in [0.717, 1.165) is 19.5 Å². The van der Waals surface area contributed by atoms with Gasteiger partial charge in [-0.05, 0) is 34.1 Å². The number of likely N-dealkylation sites (tertiary alicyclic amines) is 1. The number of hydrogen-bond acceptors (Lipinski definition) is 4. The van der Waals surface area contributed by atoms with Gasteiger partial charge in [0.05, 0.1) is 11.2 Å². The Morgan fingerprint density at radius 3 is 2.38 bits per heavy atom. The van der Waals surface area contributed by atoms with Gasteiger partial charge in [0.15, 0.2) is 0 Å². The van der Waals surface area contributed by atoms with E-state index in [1.807, 2.05) is 11.3 Å². The normalized spacial score (nSPS) is 24.4. The largest absolute Gasteiger partial charge is 0.302 e. The molecule has 0 spiro atoms. The highest BCUT2D eigenvalue weighted by molar-refractivity contribution is 7.09. The number of thiazole rings is 1. The van der Waals surface area contributed by atoms with E-state index in [2.05, 4.69) is 64.1 Å². The molecule has 1 atom stereocenters. The molecular formula is C17H31N3S. The predicted molar refractivity (Wildman–Crippen MR) is 92.1 cm³/mol. The van der Waals surface area contributed by atoms with Gasteiger partial charge in [0.1, 0.15) is 5.01 Å². The van der Waals surface area contributed by atoms with Crippen LogP contribution in [0.4, 0.5) is 0 Å². The van der Waals surface area contributed by atoms with Gasteiger partial charge in [0.2, 0.25) is 0 Å². The lowest BCUT2D eigenvalue weighted by Gasteiger charge is -2.32. The van der Waals surface area contributed by atoms with Crippen molar-refractivity contribution < 1.29 is 0 Å². The first-order chi connectivity index (χ1) is 9.64. The highest BCUT2D eigenvalue weighted by atomic mass is 32.1. The van der Waals surface area contributed by atoms with Crippen LogP contribution in [0.25, 0.3) is 0 Å². The van der Waals surface area contributed by atoms with E-state index in [9.17, 15) is 0 Å². The number of nitrogens with one attached hydrogen (secondary N) is 1. The van der Waals surface area contributed by atoms with E-state index >= 15 is 0 Å². The van der Waals surface area contributed by atoms with Crippen molar-refractivity contribution in [2.75, 3.05) is 13.1 Å². The van der Waals surface area contributed by atoms with E-state index in [0.29, 0.717) is 12.1 Å². The zero-order valence-corrected chi connectivity index (χ0v) is 15.5. The van der Waals surface area contributed by atoms with Gasteiger partial charge < -0.3 is 5.32 Å². The van der Waals surface area contributed by atoms with E-state index in [4.69, 9.17) is 4.98 Å². The van der Waals surface area contributed by atoms with E-state index in [-0.39, 0.29) is 11.0 Å². The molecule has 1 aliphatic rings. The molecule has 0 aliphatic carbocycles. The molecule has 1 unspecified atom stereocenters. The molecular weight excluding hydrogens is 278 g/mol. The summed E-state index contributed by atoms with van der Waals surface area (Å²) in [4.78, 5) is 7.57. The fourth-order valence-corrected chi connectivity index (χ4v) is 4.26. The van der Waals surface area contributed by atoms with Gasteiger partial charge in [-0.25, -0.2) is 4.98 Å². The maximum absolute atomic E-state index is 5.01. The van der Waals surface area contributed by atoms with Crippen LogP contribution in [-0.4, -0.2) is 35.1 Å². The Morgan fingerprint density at radius 1 is 1.29 bits per heavy atom. The summed E-state index contributed by atoms with van der Waals surface area (Å²) in [5.74, 6) is 0. The van der Waals surface area contributed by atoms with Crippen LogP contribution in [0.3, 0.4) is 0 Å². The Kier molecular flexibility index (Phi) is 4.81. The first-order valence-corrected chi connectivity index (χ1v) is 9.00. The minimum Gasteiger partial charge on any atom is -0.302 e. The Bertz CT molecular complexity index is 473. The number of nitrogens with zero attached hydrogens (tertiary/aromatic N) is 2. The lowest BCUT2D eigenvalue weighted by Crippen LogP contribution is -2.48. The van der Waals surface area contributed by atoms with Gasteiger partial charge in [-0.3, -0.25) is 4.90 Å². The molecule has 0 saturated carbocycles. The Labute approximate surface area is 134 Å². The molecule has 0 radical (unpaired) electrons. The monoisotopic (exact) mass is 309 g/mol. The van der Waals surface area contributed by atoms with Crippen LogP contribution >= 0.6 is 11.3 Å². The second-order valence-electron chi connectivity index (χ2n) is 7.98. The molecule has 2 rings (SSSR count). The van der Waals surface area contributed by atoms with Crippen LogP contribution in [0, 0.1) is 0 Å². The van der Waals surface area contributed by atoms with Gasteiger partial charge in [0.25, 0.3) is 0 Å². The lowest BCUT2D eigenvalue weighted by atomic mass is 9.93. The topological polar surface area (TPSA) is 28.2 Å². The summed E-state index contributed by atoms with van der Waals surface area (Å²) in [6.45, 7) is 18.0. The van der Waals surface area contributed by atoms with E-state index in [1.165, 1.54) is 10.7 Å². The molecule has 1 fully saturated rings.